The van der Waals surface area contributed by atoms with E-state index in [1.807, 2.05) is 18.2 Å². The Kier molecular flexibility index (Phi) is 7.55. The van der Waals surface area contributed by atoms with Crippen molar-refractivity contribution in [3.63, 3.8) is 0 Å². The van der Waals surface area contributed by atoms with E-state index in [2.05, 4.69) is 13.0 Å². The predicted molar refractivity (Wildman–Crippen MR) is 127 cm³/mol. The molecule has 0 N–H and O–H groups in total. The molecule has 0 amide bonds. The van der Waals surface area contributed by atoms with Crippen LogP contribution in [-0.2, 0) is 0 Å². The summed E-state index contributed by atoms with van der Waals surface area (Å²) < 4.78 is 42.4. The molecule has 32 heavy (non-hydrogen) atoms. The van der Waals surface area contributed by atoms with Gasteiger partial charge in [0.1, 0.15) is 17.5 Å². The summed E-state index contributed by atoms with van der Waals surface area (Å²) in [6, 6.07) is 12.6. The van der Waals surface area contributed by atoms with Crippen molar-refractivity contribution in [1.82, 2.24) is 0 Å². The molecule has 0 saturated heterocycles. The van der Waals surface area contributed by atoms with Crippen molar-refractivity contribution in [2.24, 2.45) is 5.92 Å². The Bertz CT molecular complexity index is 1030. The Balaban J connectivity index is 1.43. The van der Waals surface area contributed by atoms with Crippen molar-refractivity contribution < 1.29 is 13.2 Å². The van der Waals surface area contributed by atoms with Crippen LogP contribution in [0.15, 0.2) is 48.5 Å². The predicted octanol–water partition coefficient (Wildman–Crippen LogP) is 9.56. The van der Waals surface area contributed by atoms with Crippen LogP contribution in [0.1, 0.15) is 82.6 Å². The molecule has 1 aliphatic rings. The lowest BCUT2D eigenvalue weighted by molar-refractivity contribution is 0.302. The highest BCUT2D eigenvalue weighted by Crippen LogP contribution is 2.39. The summed E-state index contributed by atoms with van der Waals surface area (Å²) in [6.07, 6.45) is 13.1. The minimum atomic E-state index is -0.702. The van der Waals surface area contributed by atoms with Gasteiger partial charge in [0, 0.05) is 17.0 Å². The van der Waals surface area contributed by atoms with Crippen LogP contribution in [-0.4, -0.2) is 0 Å². The average molecular weight is 439 g/mol. The van der Waals surface area contributed by atoms with Crippen LogP contribution in [0.5, 0.6) is 0 Å². The highest BCUT2D eigenvalue weighted by molar-refractivity contribution is 5.89. The van der Waals surface area contributed by atoms with Gasteiger partial charge in [0.2, 0.25) is 0 Å². The molecule has 0 spiro atoms. The smallest absolute Gasteiger partial charge is 0.138 e. The first-order chi connectivity index (χ1) is 15.5. The van der Waals surface area contributed by atoms with E-state index >= 15 is 4.39 Å². The van der Waals surface area contributed by atoms with Gasteiger partial charge in [0.05, 0.1) is 0 Å². The third-order valence-electron chi connectivity index (χ3n) is 7.19. The highest BCUT2D eigenvalue weighted by atomic mass is 19.1. The molecule has 0 aliphatic heterocycles. The minimum Gasteiger partial charge on any atom is -0.207 e. The molecule has 1 fully saturated rings. The maximum Gasteiger partial charge on any atom is 0.138 e. The molecule has 0 bridgehead atoms. The van der Waals surface area contributed by atoms with E-state index in [4.69, 9.17) is 0 Å². The summed E-state index contributed by atoms with van der Waals surface area (Å²) >= 11 is 0. The first-order valence-corrected chi connectivity index (χ1v) is 12.2. The van der Waals surface area contributed by atoms with E-state index < -0.39 is 17.5 Å². The van der Waals surface area contributed by atoms with Gasteiger partial charge in [0.25, 0.3) is 0 Å². The summed E-state index contributed by atoms with van der Waals surface area (Å²) in [6.45, 7) is 2.26. The van der Waals surface area contributed by atoms with Gasteiger partial charge < -0.3 is 0 Å². The Labute approximate surface area is 189 Å². The molecule has 0 nitrogen and oxygen atoms in total. The van der Waals surface area contributed by atoms with Gasteiger partial charge in [0.15, 0.2) is 0 Å². The van der Waals surface area contributed by atoms with Crippen LogP contribution in [0.4, 0.5) is 13.2 Å². The third-order valence-corrected chi connectivity index (χ3v) is 7.19. The first-order valence-electron chi connectivity index (χ1n) is 12.2. The summed E-state index contributed by atoms with van der Waals surface area (Å²) in [5, 5.41) is 1.34. The number of rotatable bonds is 8. The lowest BCUT2D eigenvalue weighted by Gasteiger charge is -2.29. The summed E-state index contributed by atoms with van der Waals surface area (Å²) in [7, 11) is 0. The largest absolute Gasteiger partial charge is 0.207 e. The summed E-state index contributed by atoms with van der Waals surface area (Å²) in [5.74, 6) is -0.431. The van der Waals surface area contributed by atoms with Gasteiger partial charge in [-0.15, -0.1) is 0 Å². The molecule has 1 saturated carbocycles. The number of fused-ring (bicyclic) bond motifs is 1. The number of hydrogen-bond acceptors (Lipinski definition) is 0. The Morgan fingerprint density at radius 1 is 0.750 bits per heavy atom. The second-order valence-corrected chi connectivity index (χ2v) is 9.49. The molecule has 3 heteroatoms. The molecule has 0 radical (unpaired) electrons. The molecule has 0 atom stereocenters. The molecule has 3 aromatic carbocycles. The molecular weight excluding hydrogens is 405 g/mol. The van der Waals surface area contributed by atoms with E-state index in [1.165, 1.54) is 81.9 Å². The van der Waals surface area contributed by atoms with Crippen LogP contribution >= 0.6 is 0 Å². The average Bonchev–Trinajstić information content (AvgIpc) is 2.79. The Morgan fingerprint density at radius 3 is 2.19 bits per heavy atom. The van der Waals surface area contributed by atoms with E-state index in [-0.39, 0.29) is 11.1 Å². The summed E-state index contributed by atoms with van der Waals surface area (Å²) in [5.41, 5.74) is 1.73. The standard InChI is InChI=1S/C29H33F3/c1-2-3-4-5-6-7-20-8-10-21(11-9-20)22-12-14-27-23(16-22)13-15-28(29(27)32)24-17-25(30)19-26(31)18-24/h12-21H,2-11H2,1H3/t20-,21-. The first kappa shape index (κ1) is 22.9. The van der Waals surface area contributed by atoms with E-state index in [1.54, 1.807) is 6.07 Å². The zero-order chi connectivity index (χ0) is 22.5. The zero-order valence-corrected chi connectivity index (χ0v) is 19.0. The van der Waals surface area contributed by atoms with Crippen molar-refractivity contribution in [3.05, 3.63) is 71.5 Å². The highest BCUT2D eigenvalue weighted by Gasteiger charge is 2.22. The van der Waals surface area contributed by atoms with Gasteiger partial charge >= 0.3 is 0 Å². The normalized spacial score (nSPS) is 18.9. The summed E-state index contributed by atoms with van der Waals surface area (Å²) in [4.78, 5) is 0. The minimum absolute atomic E-state index is 0.221. The van der Waals surface area contributed by atoms with Crippen molar-refractivity contribution in [3.8, 4) is 11.1 Å². The van der Waals surface area contributed by atoms with Crippen LogP contribution in [0.25, 0.3) is 21.9 Å². The van der Waals surface area contributed by atoms with Crippen molar-refractivity contribution in [2.75, 3.05) is 0 Å². The maximum atomic E-state index is 15.2. The number of unbranched alkanes of at least 4 members (excludes halogenated alkanes) is 4. The third kappa shape index (κ3) is 5.36. The second kappa shape index (κ2) is 10.6. The number of hydrogen-bond donors (Lipinski definition) is 0. The van der Waals surface area contributed by atoms with E-state index in [0.717, 1.165) is 17.4 Å². The molecule has 1 aliphatic carbocycles. The topological polar surface area (TPSA) is 0 Å². The SMILES string of the molecule is CCCCCCC[C@H]1CC[C@H](c2ccc3c(F)c(-c4cc(F)cc(F)c4)ccc3c2)CC1. The number of halogens is 3. The molecule has 0 aromatic heterocycles. The van der Waals surface area contributed by atoms with E-state index in [9.17, 15) is 8.78 Å². The second-order valence-electron chi connectivity index (χ2n) is 9.49. The maximum absolute atomic E-state index is 15.2. The van der Waals surface area contributed by atoms with Gasteiger partial charge in [-0.3, -0.25) is 0 Å². The number of benzene rings is 3. The fourth-order valence-electron chi connectivity index (χ4n) is 5.32. The molecule has 4 rings (SSSR count). The van der Waals surface area contributed by atoms with Crippen molar-refractivity contribution in [2.45, 2.75) is 77.0 Å². The van der Waals surface area contributed by atoms with Gasteiger partial charge in [-0.05, 0) is 66.2 Å². The molecule has 3 aromatic rings. The van der Waals surface area contributed by atoms with Crippen LogP contribution in [0.2, 0.25) is 0 Å². The lowest BCUT2D eigenvalue weighted by atomic mass is 9.76. The fourth-order valence-corrected chi connectivity index (χ4v) is 5.32. The van der Waals surface area contributed by atoms with E-state index in [0.29, 0.717) is 11.3 Å². The molecule has 0 heterocycles. The van der Waals surface area contributed by atoms with Crippen molar-refractivity contribution >= 4 is 10.8 Å². The molecule has 170 valence electrons. The zero-order valence-electron chi connectivity index (χ0n) is 19.0. The quantitative estimate of drug-likeness (QED) is 0.307. The van der Waals surface area contributed by atoms with Crippen molar-refractivity contribution in [1.29, 1.82) is 0 Å². The lowest BCUT2D eigenvalue weighted by Crippen LogP contribution is -2.13. The molecule has 0 unspecified atom stereocenters. The van der Waals surface area contributed by atoms with Crippen LogP contribution < -0.4 is 0 Å². The monoisotopic (exact) mass is 438 g/mol. The van der Waals surface area contributed by atoms with Crippen LogP contribution in [0, 0.1) is 23.4 Å². The van der Waals surface area contributed by atoms with Crippen LogP contribution in [0.3, 0.4) is 0 Å². The Morgan fingerprint density at radius 2 is 1.47 bits per heavy atom. The molecular formula is C29H33F3. The Hall–Kier alpha value is -2.29. The fraction of sp³-hybridized carbons (Fsp3) is 0.448. The van der Waals surface area contributed by atoms with Gasteiger partial charge in [-0.1, -0.05) is 75.8 Å². The van der Waals surface area contributed by atoms with Gasteiger partial charge in [-0.25, -0.2) is 13.2 Å². The van der Waals surface area contributed by atoms with Gasteiger partial charge in [-0.2, -0.15) is 0 Å².